The van der Waals surface area contributed by atoms with Gasteiger partial charge < -0.3 is 19.5 Å². The average molecular weight is 455 g/mol. The van der Waals surface area contributed by atoms with Crippen molar-refractivity contribution in [1.82, 2.24) is 15.3 Å². The van der Waals surface area contributed by atoms with E-state index in [9.17, 15) is 24.1 Å². The number of β-lactam (4-membered cyclic amide) rings is 1. The molecule has 12 heteroatoms. The molecule has 2 amide bonds. The summed E-state index contributed by atoms with van der Waals surface area (Å²) in [6.45, 7) is 1.66. The molecule has 0 aliphatic carbocycles. The predicted octanol–water partition coefficient (Wildman–Crippen LogP) is 1.48. The summed E-state index contributed by atoms with van der Waals surface area (Å²) in [7, 11) is -1.39. The van der Waals surface area contributed by atoms with Crippen LogP contribution < -0.4 is 10.4 Å². The number of thioether (sulfide) groups is 1. The first-order valence-corrected chi connectivity index (χ1v) is 11.5. The molecule has 2 aliphatic heterocycles. The fraction of sp³-hybridized carbons (Fsp3) is 0.389. The van der Waals surface area contributed by atoms with E-state index in [0.717, 1.165) is 0 Å². The molecular formula is C18H22N3O7PS. The number of nitrogens with one attached hydrogen (secondary N) is 2. The molecule has 0 aromatic heterocycles. The molecule has 3 atom stereocenters. The second-order valence-electron chi connectivity index (χ2n) is 6.67. The molecule has 1 aromatic rings. The van der Waals surface area contributed by atoms with E-state index < -0.39 is 43.0 Å². The second-order valence-corrected chi connectivity index (χ2v) is 9.75. The van der Waals surface area contributed by atoms with Gasteiger partial charge in [-0.15, -0.1) is 11.8 Å². The molecule has 0 bridgehead atoms. The van der Waals surface area contributed by atoms with Gasteiger partial charge in [0.25, 0.3) is 5.91 Å². The van der Waals surface area contributed by atoms with Gasteiger partial charge in [-0.3, -0.25) is 14.5 Å². The molecule has 162 valence electrons. The number of hydrogen-bond donors (Lipinski definition) is 3. The minimum atomic E-state index is -3.76. The Labute approximate surface area is 177 Å². The molecule has 0 radical (unpaired) electrons. The van der Waals surface area contributed by atoms with Crippen molar-refractivity contribution in [2.24, 2.45) is 0 Å². The smallest absolute Gasteiger partial charge is 0.405 e. The van der Waals surface area contributed by atoms with Crippen molar-refractivity contribution in [3.05, 3.63) is 47.2 Å². The van der Waals surface area contributed by atoms with Crippen molar-refractivity contribution in [3.63, 3.8) is 0 Å². The second kappa shape index (κ2) is 8.91. The fourth-order valence-corrected chi connectivity index (χ4v) is 5.52. The monoisotopic (exact) mass is 455 g/mol. The Hall–Kier alpha value is -2.17. The first kappa shape index (κ1) is 22.5. The van der Waals surface area contributed by atoms with Gasteiger partial charge in [0.05, 0.1) is 0 Å². The Morgan fingerprint density at radius 2 is 1.90 bits per heavy atom. The van der Waals surface area contributed by atoms with E-state index in [1.165, 1.54) is 30.9 Å². The van der Waals surface area contributed by atoms with E-state index in [2.05, 4.69) is 10.4 Å². The molecule has 30 heavy (non-hydrogen) atoms. The number of rotatable bonds is 8. The van der Waals surface area contributed by atoms with Crippen LogP contribution in [0, 0.1) is 0 Å². The Balaban J connectivity index is 1.81. The molecule has 1 aromatic carbocycles. The standard InChI is InChI=1S/C18H22N3O7PS/c1-10-9-30-17-13(16(23)21(17)14(10)18(24)25)19-15(22)12(11-7-5-4-6-8-11)20-29(26,27-2)28-3/h4-8,12-13,17H,9H2,1-3H3,(H,19,22)(H,20,26)(H,24,25)/t12?,13?,17-/m0/s1. The molecule has 2 unspecified atom stereocenters. The summed E-state index contributed by atoms with van der Waals surface area (Å²) < 4.78 is 22.3. The lowest BCUT2D eigenvalue weighted by molar-refractivity contribution is -0.151. The number of fused-ring (bicyclic) bond motifs is 1. The van der Waals surface area contributed by atoms with Crippen molar-refractivity contribution in [2.45, 2.75) is 24.4 Å². The summed E-state index contributed by atoms with van der Waals surface area (Å²) in [5, 5.41) is 14.1. The Kier molecular flexibility index (Phi) is 6.68. The lowest BCUT2D eigenvalue weighted by atomic mass is 10.0. The highest BCUT2D eigenvalue weighted by atomic mass is 32.2. The van der Waals surface area contributed by atoms with Crippen LogP contribution in [0.15, 0.2) is 41.6 Å². The van der Waals surface area contributed by atoms with Crippen molar-refractivity contribution in [2.75, 3.05) is 20.0 Å². The summed E-state index contributed by atoms with van der Waals surface area (Å²) in [6.07, 6.45) is 0. The Morgan fingerprint density at radius 1 is 1.27 bits per heavy atom. The molecule has 0 spiro atoms. The number of carbonyl (C=O) groups excluding carboxylic acids is 2. The lowest BCUT2D eigenvalue weighted by Crippen LogP contribution is -2.71. The van der Waals surface area contributed by atoms with Gasteiger partial charge in [0.1, 0.15) is 23.2 Å². The SMILES string of the molecule is COP(=O)(NC(C(=O)NC1C(=O)N2C(C(=O)O)=C(C)CS[C@@H]12)c1ccccc1)OC. The normalized spacial score (nSPS) is 22.2. The minimum Gasteiger partial charge on any atom is -0.477 e. The number of aliphatic carboxylic acids is 1. The third-order valence-corrected chi connectivity index (χ3v) is 7.78. The topological polar surface area (TPSA) is 134 Å². The van der Waals surface area contributed by atoms with E-state index in [4.69, 9.17) is 9.05 Å². The van der Waals surface area contributed by atoms with Gasteiger partial charge >= 0.3 is 13.7 Å². The maximum absolute atomic E-state index is 13.0. The Bertz CT molecular complexity index is 931. The van der Waals surface area contributed by atoms with Crippen LogP contribution in [0.5, 0.6) is 0 Å². The van der Waals surface area contributed by atoms with Crippen molar-refractivity contribution in [1.29, 1.82) is 0 Å². The summed E-state index contributed by atoms with van der Waals surface area (Å²) in [5.41, 5.74) is 1.04. The minimum absolute atomic E-state index is 0.0461. The maximum Gasteiger partial charge on any atom is 0.405 e. The number of nitrogens with zero attached hydrogens (tertiary/aromatic N) is 1. The van der Waals surface area contributed by atoms with E-state index in [1.807, 2.05) is 0 Å². The third-order valence-electron chi connectivity index (χ3n) is 4.82. The summed E-state index contributed by atoms with van der Waals surface area (Å²) >= 11 is 1.37. The summed E-state index contributed by atoms with van der Waals surface area (Å²) in [5.74, 6) is -1.87. The van der Waals surface area contributed by atoms with Gasteiger partial charge in [0.15, 0.2) is 0 Å². The number of carbonyl (C=O) groups is 3. The Morgan fingerprint density at radius 3 is 2.47 bits per heavy atom. The maximum atomic E-state index is 13.0. The van der Waals surface area contributed by atoms with E-state index in [1.54, 1.807) is 37.3 Å². The predicted molar refractivity (Wildman–Crippen MR) is 109 cm³/mol. The van der Waals surface area contributed by atoms with Crippen LogP contribution in [-0.4, -0.2) is 59.2 Å². The zero-order valence-corrected chi connectivity index (χ0v) is 18.2. The number of hydrogen-bond acceptors (Lipinski definition) is 7. The molecule has 2 aliphatic rings. The summed E-state index contributed by atoms with van der Waals surface area (Å²) in [4.78, 5) is 38.4. The van der Waals surface area contributed by atoms with Gasteiger partial charge in [0.2, 0.25) is 5.91 Å². The first-order valence-electron chi connectivity index (χ1n) is 8.94. The number of amides is 2. The van der Waals surface area contributed by atoms with Crippen LogP contribution in [0.1, 0.15) is 18.5 Å². The number of benzene rings is 1. The van der Waals surface area contributed by atoms with Gasteiger partial charge in [-0.25, -0.2) is 14.4 Å². The van der Waals surface area contributed by atoms with Crippen LogP contribution in [0.25, 0.3) is 0 Å². The highest BCUT2D eigenvalue weighted by Gasteiger charge is 2.54. The van der Waals surface area contributed by atoms with Crippen LogP contribution in [0.2, 0.25) is 0 Å². The fourth-order valence-electron chi connectivity index (χ4n) is 3.28. The van der Waals surface area contributed by atoms with Gasteiger partial charge in [-0.1, -0.05) is 30.3 Å². The number of carboxylic acids is 1. The van der Waals surface area contributed by atoms with Crippen LogP contribution >= 0.6 is 19.5 Å². The summed E-state index contributed by atoms with van der Waals surface area (Å²) in [6, 6.07) is 6.48. The van der Waals surface area contributed by atoms with E-state index in [0.29, 0.717) is 16.9 Å². The van der Waals surface area contributed by atoms with Gasteiger partial charge in [-0.2, -0.15) is 0 Å². The molecule has 3 rings (SSSR count). The third kappa shape index (κ3) is 4.17. The molecule has 0 saturated carbocycles. The van der Waals surface area contributed by atoms with Gasteiger partial charge in [0, 0.05) is 20.0 Å². The largest absolute Gasteiger partial charge is 0.477 e. The molecule has 10 nitrogen and oxygen atoms in total. The lowest BCUT2D eigenvalue weighted by Gasteiger charge is -2.49. The van der Waals surface area contributed by atoms with E-state index >= 15 is 0 Å². The van der Waals surface area contributed by atoms with Gasteiger partial charge in [-0.05, 0) is 18.1 Å². The quantitative estimate of drug-likeness (QED) is 0.393. The molecule has 1 fully saturated rings. The van der Waals surface area contributed by atoms with Crippen LogP contribution in [-0.2, 0) is 28.0 Å². The zero-order valence-electron chi connectivity index (χ0n) is 16.5. The van der Waals surface area contributed by atoms with Crippen molar-refractivity contribution in [3.8, 4) is 0 Å². The van der Waals surface area contributed by atoms with Crippen molar-refractivity contribution >= 4 is 37.3 Å². The van der Waals surface area contributed by atoms with Crippen molar-refractivity contribution < 1.29 is 33.1 Å². The van der Waals surface area contributed by atoms with E-state index in [-0.39, 0.29) is 5.70 Å². The van der Waals surface area contributed by atoms with Crippen LogP contribution in [0.3, 0.4) is 0 Å². The number of carboxylic acid groups (broad SMARTS) is 1. The highest BCUT2D eigenvalue weighted by Crippen LogP contribution is 2.45. The highest BCUT2D eigenvalue weighted by molar-refractivity contribution is 8.00. The molecule has 3 N–H and O–H groups in total. The van der Waals surface area contributed by atoms with Crippen LogP contribution in [0.4, 0.5) is 0 Å². The zero-order chi connectivity index (χ0) is 22.1. The first-order chi connectivity index (χ1) is 14.2. The average Bonchev–Trinajstić information content (AvgIpc) is 2.75. The molecular weight excluding hydrogens is 433 g/mol. The molecule has 2 heterocycles. The molecule has 1 saturated heterocycles.